The number of hydrogen-bond donors (Lipinski definition) is 2. The second kappa shape index (κ2) is 11.3. The van der Waals surface area contributed by atoms with Gasteiger partial charge in [-0.15, -0.1) is 0 Å². The lowest BCUT2D eigenvalue weighted by molar-refractivity contribution is -0.139. The molecule has 41 heavy (non-hydrogen) atoms. The third-order valence-electron chi connectivity index (χ3n) is 6.66. The number of nitrogens with one attached hydrogen (secondary N) is 1. The highest BCUT2D eigenvalue weighted by Crippen LogP contribution is 2.36. The molecular formula is C30H27N3O7S. The quantitative estimate of drug-likeness (QED) is 0.308. The number of aromatic nitrogens is 2. The predicted molar refractivity (Wildman–Crippen MR) is 153 cm³/mol. The van der Waals surface area contributed by atoms with E-state index in [1.165, 1.54) is 36.2 Å². The molecule has 2 N–H and O–H groups in total. The van der Waals surface area contributed by atoms with Crippen LogP contribution in [0.3, 0.4) is 0 Å². The number of aromatic carboxylic acids is 1. The third kappa shape index (κ3) is 5.19. The summed E-state index contributed by atoms with van der Waals surface area (Å²) in [6.45, 7) is 3.61. The molecule has 0 saturated heterocycles. The number of H-pyrrole nitrogens is 1. The molecule has 210 valence electrons. The van der Waals surface area contributed by atoms with Gasteiger partial charge in [0.1, 0.15) is 0 Å². The maximum Gasteiger partial charge on any atom is 0.338 e. The van der Waals surface area contributed by atoms with E-state index in [-0.39, 0.29) is 23.3 Å². The number of aromatic amines is 1. The number of rotatable bonds is 8. The van der Waals surface area contributed by atoms with E-state index in [1.807, 2.05) is 12.1 Å². The Labute approximate surface area is 238 Å². The van der Waals surface area contributed by atoms with Crippen LogP contribution in [0.1, 0.15) is 41.5 Å². The van der Waals surface area contributed by atoms with Crippen molar-refractivity contribution in [3.63, 3.8) is 0 Å². The van der Waals surface area contributed by atoms with Crippen molar-refractivity contribution in [2.45, 2.75) is 19.9 Å². The average Bonchev–Trinajstić information content (AvgIpc) is 3.56. The van der Waals surface area contributed by atoms with Gasteiger partial charge in [0, 0.05) is 11.4 Å². The van der Waals surface area contributed by atoms with Gasteiger partial charge < -0.3 is 24.3 Å². The SMILES string of the molecule is CCOC(=O)C1=C(C)N=c2s/c(=C\c3ccc(-c4cccc(C(=O)O)c4)[nH]3)c(=O)n2C1c1ccc(OC)c(OC)c1. The Morgan fingerprint density at radius 1 is 1.10 bits per heavy atom. The van der Waals surface area contributed by atoms with Crippen LogP contribution in [0.5, 0.6) is 11.5 Å². The average molecular weight is 574 g/mol. The van der Waals surface area contributed by atoms with E-state index < -0.39 is 18.0 Å². The zero-order chi connectivity index (χ0) is 29.3. The third-order valence-corrected chi connectivity index (χ3v) is 7.64. The van der Waals surface area contributed by atoms with E-state index in [9.17, 15) is 19.5 Å². The number of methoxy groups -OCH3 is 2. The molecule has 10 nitrogen and oxygen atoms in total. The van der Waals surface area contributed by atoms with Gasteiger partial charge in [0.2, 0.25) is 0 Å². The zero-order valence-corrected chi connectivity index (χ0v) is 23.6. The molecule has 1 aliphatic heterocycles. The summed E-state index contributed by atoms with van der Waals surface area (Å²) in [6, 6.07) is 14.7. The van der Waals surface area contributed by atoms with Crippen molar-refractivity contribution in [3.05, 3.63) is 102 Å². The first-order chi connectivity index (χ1) is 19.7. The lowest BCUT2D eigenvalue weighted by Gasteiger charge is -2.25. The van der Waals surface area contributed by atoms with Gasteiger partial charge in [-0.05, 0) is 67.4 Å². The Kier molecular flexibility index (Phi) is 7.62. The first kappa shape index (κ1) is 27.7. The lowest BCUT2D eigenvalue weighted by atomic mass is 9.95. The van der Waals surface area contributed by atoms with Gasteiger partial charge in [-0.25, -0.2) is 14.6 Å². The van der Waals surface area contributed by atoms with E-state index >= 15 is 0 Å². The fraction of sp³-hybridized carbons (Fsp3) is 0.200. The number of nitrogens with zero attached hydrogens (tertiary/aromatic N) is 2. The number of carboxylic acids is 1. The Balaban J connectivity index is 1.64. The number of ether oxygens (including phenoxy) is 3. The second-order valence-electron chi connectivity index (χ2n) is 9.13. The first-order valence-electron chi connectivity index (χ1n) is 12.7. The monoisotopic (exact) mass is 573 g/mol. The van der Waals surface area contributed by atoms with Crippen molar-refractivity contribution in [1.29, 1.82) is 0 Å². The molecule has 3 heterocycles. The van der Waals surface area contributed by atoms with E-state index in [0.717, 1.165) is 0 Å². The van der Waals surface area contributed by atoms with Crippen molar-refractivity contribution < 1.29 is 28.9 Å². The summed E-state index contributed by atoms with van der Waals surface area (Å²) in [5.74, 6) is -0.601. The molecule has 5 rings (SSSR count). The van der Waals surface area contributed by atoms with Crippen LogP contribution in [-0.2, 0) is 9.53 Å². The van der Waals surface area contributed by atoms with E-state index in [1.54, 1.807) is 56.3 Å². The van der Waals surface area contributed by atoms with Crippen LogP contribution in [0, 0.1) is 0 Å². The number of carbonyl (C=O) groups excluding carboxylic acids is 1. The molecule has 0 radical (unpaired) electrons. The predicted octanol–water partition coefficient (Wildman–Crippen LogP) is 3.51. The molecule has 0 spiro atoms. The number of thiazole rings is 1. The van der Waals surface area contributed by atoms with Crippen LogP contribution in [-0.4, -0.2) is 47.4 Å². The summed E-state index contributed by atoms with van der Waals surface area (Å²) in [4.78, 5) is 46.7. The number of fused-ring (bicyclic) bond motifs is 1. The molecule has 1 aliphatic rings. The summed E-state index contributed by atoms with van der Waals surface area (Å²) in [6.07, 6.45) is 1.71. The molecule has 0 aliphatic carbocycles. The van der Waals surface area contributed by atoms with Crippen molar-refractivity contribution in [2.24, 2.45) is 4.99 Å². The Bertz CT molecular complexity index is 1880. The summed E-state index contributed by atoms with van der Waals surface area (Å²) in [7, 11) is 3.05. The van der Waals surface area contributed by atoms with E-state index in [4.69, 9.17) is 14.2 Å². The van der Waals surface area contributed by atoms with Gasteiger partial charge in [0.05, 0.1) is 48.2 Å². The number of hydrogen-bond acceptors (Lipinski definition) is 8. The maximum atomic E-state index is 13.9. The summed E-state index contributed by atoms with van der Waals surface area (Å²) in [5, 5.41) is 9.32. The zero-order valence-electron chi connectivity index (χ0n) is 22.8. The molecule has 0 bridgehead atoms. The van der Waals surface area contributed by atoms with Gasteiger partial charge in [0.15, 0.2) is 16.3 Å². The minimum atomic E-state index is -1.01. The largest absolute Gasteiger partial charge is 0.493 e. The van der Waals surface area contributed by atoms with Crippen LogP contribution in [0.4, 0.5) is 0 Å². The van der Waals surface area contributed by atoms with Gasteiger partial charge in [-0.3, -0.25) is 9.36 Å². The van der Waals surface area contributed by atoms with Crippen LogP contribution >= 0.6 is 11.3 Å². The standard InChI is InChI=1S/C30H27N3O7S/c1-5-40-29(37)25-16(2)31-30-33(26(25)18-9-12-22(38-3)23(14-18)39-4)27(34)24(41-30)15-20-10-11-21(32-20)17-7-6-8-19(13-17)28(35)36/h6-15,26,32H,5H2,1-4H3,(H,35,36)/b24-15-. The summed E-state index contributed by atoms with van der Waals surface area (Å²) in [5.41, 5.74) is 3.25. The van der Waals surface area contributed by atoms with Crippen LogP contribution in [0.2, 0.25) is 0 Å². The van der Waals surface area contributed by atoms with E-state index in [2.05, 4.69) is 9.98 Å². The van der Waals surface area contributed by atoms with E-state index in [0.29, 0.717) is 49.0 Å². The maximum absolute atomic E-state index is 13.9. The molecule has 2 aromatic heterocycles. The molecule has 0 saturated carbocycles. The fourth-order valence-electron chi connectivity index (χ4n) is 4.76. The minimum Gasteiger partial charge on any atom is -0.493 e. The van der Waals surface area contributed by atoms with Crippen molar-refractivity contribution in [1.82, 2.24) is 9.55 Å². The normalized spacial score (nSPS) is 14.8. The Morgan fingerprint density at radius 3 is 2.59 bits per heavy atom. The van der Waals surface area contributed by atoms with Crippen LogP contribution in [0.25, 0.3) is 17.3 Å². The van der Waals surface area contributed by atoms with Crippen molar-refractivity contribution in [3.8, 4) is 22.8 Å². The summed E-state index contributed by atoms with van der Waals surface area (Å²) >= 11 is 1.20. The molecule has 2 aromatic carbocycles. The summed E-state index contributed by atoms with van der Waals surface area (Å²) < 4.78 is 18.1. The van der Waals surface area contributed by atoms with Gasteiger partial charge in [0.25, 0.3) is 5.56 Å². The highest BCUT2D eigenvalue weighted by molar-refractivity contribution is 7.07. The lowest BCUT2D eigenvalue weighted by Crippen LogP contribution is -2.40. The second-order valence-corrected chi connectivity index (χ2v) is 10.1. The Morgan fingerprint density at radius 2 is 1.88 bits per heavy atom. The number of benzene rings is 2. The first-order valence-corrected chi connectivity index (χ1v) is 13.5. The van der Waals surface area contributed by atoms with Gasteiger partial charge in [-0.1, -0.05) is 29.5 Å². The van der Waals surface area contributed by atoms with Gasteiger partial charge >= 0.3 is 11.9 Å². The van der Waals surface area contributed by atoms with Crippen molar-refractivity contribution in [2.75, 3.05) is 20.8 Å². The molecule has 11 heteroatoms. The molecule has 0 amide bonds. The Hall–Kier alpha value is -4.90. The van der Waals surface area contributed by atoms with Crippen LogP contribution in [0.15, 0.2) is 75.7 Å². The molecule has 1 atom stereocenters. The minimum absolute atomic E-state index is 0.170. The molecule has 1 unspecified atom stereocenters. The number of carbonyl (C=O) groups is 2. The smallest absolute Gasteiger partial charge is 0.338 e. The number of carboxylic acid groups (broad SMARTS) is 1. The number of esters is 1. The highest BCUT2D eigenvalue weighted by Gasteiger charge is 2.34. The molecule has 0 fully saturated rings. The molecule has 4 aromatic rings. The van der Waals surface area contributed by atoms with Crippen molar-refractivity contribution >= 4 is 29.4 Å². The number of allylic oxidation sites excluding steroid dienone is 1. The van der Waals surface area contributed by atoms with Gasteiger partial charge in [-0.2, -0.15) is 0 Å². The highest BCUT2D eigenvalue weighted by atomic mass is 32.1. The fourth-order valence-corrected chi connectivity index (χ4v) is 5.79. The van der Waals surface area contributed by atoms with Crippen LogP contribution < -0.4 is 24.4 Å². The topological polar surface area (TPSA) is 132 Å². The molecular weight excluding hydrogens is 546 g/mol.